The summed E-state index contributed by atoms with van der Waals surface area (Å²) in [5.74, 6) is 0. The van der Waals surface area contributed by atoms with Gasteiger partial charge < -0.3 is 0 Å². The van der Waals surface area contributed by atoms with E-state index in [0.29, 0.717) is 0 Å². The van der Waals surface area contributed by atoms with Gasteiger partial charge >= 0.3 is 0 Å². The van der Waals surface area contributed by atoms with Crippen LogP contribution >= 0.6 is 11.6 Å². The molecule has 1 aromatic heterocycles. The second-order valence-corrected chi connectivity index (χ2v) is 4.04. The van der Waals surface area contributed by atoms with E-state index in [1.54, 1.807) is 0 Å². The Balaban J connectivity index is 3.21. The molecule has 0 bridgehead atoms. The maximum absolute atomic E-state index is 11.1. The van der Waals surface area contributed by atoms with Crippen molar-refractivity contribution in [1.82, 2.24) is 14.7 Å². The number of rotatable bonds is 2. The zero-order chi connectivity index (χ0) is 9.19. The van der Waals surface area contributed by atoms with Gasteiger partial charge in [0, 0.05) is 6.20 Å². The maximum atomic E-state index is 11.1. The number of nitrogens with one attached hydrogen (secondary N) is 1. The summed E-state index contributed by atoms with van der Waals surface area (Å²) in [6.45, 7) is 0. The Morgan fingerprint density at radius 3 is 2.75 bits per heavy atom. The molecule has 0 radical (unpaired) electrons. The normalized spacial score (nSPS) is 11.5. The van der Waals surface area contributed by atoms with Crippen molar-refractivity contribution in [3.8, 4) is 0 Å². The highest BCUT2D eigenvalue weighted by atomic mass is 35.5. The van der Waals surface area contributed by atoms with Gasteiger partial charge in [-0.2, -0.15) is 0 Å². The highest BCUT2D eigenvalue weighted by Gasteiger charge is 2.14. The van der Waals surface area contributed by atoms with Crippen molar-refractivity contribution in [3.63, 3.8) is 0 Å². The van der Waals surface area contributed by atoms with Crippen molar-refractivity contribution in [1.29, 1.82) is 0 Å². The van der Waals surface area contributed by atoms with Crippen LogP contribution < -0.4 is 4.72 Å². The minimum absolute atomic E-state index is 0.0961. The van der Waals surface area contributed by atoms with E-state index in [-0.39, 0.29) is 10.3 Å². The first-order valence-electron chi connectivity index (χ1n) is 2.98. The van der Waals surface area contributed by atoms with E-state index >= 15 is 0 Å². The summed E-state index contributed by atoms with van der Waals surface area (Å²) in [5, 5.41) is -0.226. The van der Waals surface area contributed by atoms with Crippen LogP contribution in [0.25, 0.3) is 0 Å². The van der Waals surface area contributed by atoms with Crippen LogP contribution in [0.2, 0.25) is 5.15 Å². The fourth-order valence-electron chi connectivity index (χ4n) is 0.541. The molecule has 1 rings (SSSR count). The summed E-state index contributed by atoms with van der Waals surface area (Å²) in [5.41, 5.74) is 0. The van der Waals surface area contributed by atoms with Gasteiger partial charge in [0.1, 0.15) is 5.15 Å². The molecule has 0 saturated carbocycles. The molecule has 5 nitrogen and oxygen atoms in total. The summed E-state index contributed by atoms with van der Waals surface area (Å²) < 4.78 is 24.2. The van der Waals surface area contributed by atoms with Gasteiger partial charge in [-0.3, -0.25) is 0 Å². The van der Waals surface area contributed by atoms with E-state index in [4.69, 9.17) is 11.6 Å². The van der Waals surface area contributed by atoms with Crippen molar-refractivity contribution in [2.45, 2.75) is 5.16 Å². The molecule has 0 amide bonds. The predicted molar refractivity (Wildman–Crippen MR) is 43.3 cm³/mol. The van der Waals surface area contributed by atoms with Crippen LogP contribution in [0.3, 0.4) is 0 Å². The van der Waals surface area contributed by atoms with Gasteiger partial charge in [0.25, 0.3) is 15.2 Å². The largest absolute Gasteiger partial charge is 0.276 e. The summed E-state index contributed by atoms with van der Waals surface area (Å²) in [6.07, 6.45) is 1.28. The Kier molecular flexibility index (Phi) is 2.61. The molecule has 0 aliphatic rings. The first-order valence-corrected chi connectivity index (χ1v) is 4.84. The summed E-state index contributed by atoms with van der Waals surface area (Å²) in [7, 11) is -2.30. The molecular formula is C5H6ClN3O2S. The molecule has 0 aliphatic carbocycles. The van der Waals surface area contributed by atoms with Gasteiger partial charge in [-0.15, -0.1) is 0 Å². The molecule has 0 atom stereocenters. The zero-order valence-electron chi connectivity index (χ0n) is 6.15. The first kappa shape index (κ1) is 9.37. The highest BCUT2D eigenvalue weighted by Crippen LogP contribution is 2.05. The number of aromatic nitrogens is 2. The third-order valence-corrected chi connectivity index (χ3v) is 2.53. The Labute approximate surface area is 74.8 Å². The molecule has 0 fully saturated rings. The molecular weight excluding hydrogens is 202 g/mol. The van der Waals surface area contributed by atoms with E-state index in [0.717, 1.165) is 0 Å². The first-order chi connectivity index (χ1) is 5.56. The third-order valence-electron chi connectivity index (χ3n) is 1.11. The standard InChI is InChI=1S/C5H6ClN3O2S/c1-7-12(10,11)5-8-3-2-4(6)9-5/h2-3,7H,1H3. The third kappa shape index (κ3) is 1.90. The number of hydrogen-bond donors (Lipinski definition) is 1. The molecule has 1 aromatic rings. The molecule has 1 N–H and O–H groups in total. The van der Waals surface area contributed by atoms with Crippen LogP contribution in [0.4, 0.5) is 0 Å². The lowest BCUT2D eigenvalue weighted by Crippen LogP contribution is -2.21. The number of halogens is 1. The lowest BCUT2D eigenvalue weighted by atomic mass is 10.7. The molecule has 12 heavy (non-hydrogen) atoms. The van der Waals surface area contributed by atoms with Crippen molar-refractivity contribution < 1.29 is 8.42 Å². The second kappa shape index (κ2) is 3.34. The topological polar surface area (TPSA) is 72.0 Å². The van der Waals surface area contributed by atoms with Gasteiger partial charge in [0.2, 0.25) is 0 Å². The minimum atomic E-state index is -3.58. The average Bonchev–Trinajstić information content (AvgIpc) is 2.05. The molecule has 7 heteroatoms. The van der Waals surface area contributed by atoms with E-state index in [1.807, 2.05) is 0 Å². The number of hydrogen-bond acceptors (Lipinski definition) is 4. The Morgan fingerprint density at radius 2 is 2.25 bits per heavy atom. The SMILES string of the molecule is CNS(=O)(=O)c1nccc(Cl)n1. The molecule has 0 aromatic carbocycles. The summed E-state index contributed by atoms with van der Waals surface area (Å²) in [6, 6.07) is 1.40. The van der Waals surface area contributed by atoms with Crippen LogP contribution in [0.15, 0.2) is 17.4 Å². The fourth-order valence-corrected chi connectivity index (χ4v) is 1.33. The lowest BCUT2D eigenvalue weighted by Gasteiger charge is -1.98. The lowest BCUT2D eigenvalue weighted by molar-refractivity contribution is 0.579. The molecule has 0 spiro atoms. The van der Waals surface area contributed by atoms with Crippen molar-refractivity contribution >= 4 is 21.6 Å². The van der Waals surface area contributed by atoms with E-state index in [1.165, 1.54) is 19.3 Å². The van der Waals surface area contributed by atoms with E-state index < -0.39 is 10.0 Å². The molecule has 66 valence electrons. The number of nitrogens with zero attached hydrogens (tertiary/aromatic N) is 2. The quantitative estimate of drug-likeness (QED) is 0.549. The van der Waals surface area contributed by atoms with Crippen LogP contribution in [0, 0.1) is 0 Å². The van der Waals surface area contributed by atoms with Crippen LogP contribution in [0.1, 0.15) is 0 Å². The van der Waals surface area contributed by atoms with Crippen molar-refractivity contribution in [2.24, 2.45) is 0 Å². The average molecular weight is 208 g/mol. The van der Waals surface area contributed by atoms with Gasteiger partial charge in [-0.1, -0.05) is 11.6 Å². The van der Waals surface area contributed by atoms with Crippen LogP contribution in [-0.2, 0) is 10.0 Å². The van der Waals surface area contributed by atoms with Crippen LogP contribution in [-0.4, -0.2) is 25.4 Å². The van der Waals surface area contributed by atoms with Gasteiger partial charge in [-0.25, -0.2) is 23.1 Å². The Bertz CT molecular complexity index is 378. The number of sulfonamides is 1. The molecule has 1 heterocycles. The second-order valence-electron chi connectivity index (χ2n) is 1.87. The molecule has 0 unspecified atom stereocenters. The monoisotopic (exact) mass is 207 g/mol. The smallest absolute Gasteiger partial charge is 0.226 e. The van der Waals surface area contributed by atoms with Gasteiger partial charge in [-0.05, 0) is 13.1 Å². The zero-order valence-corrected chi connectivity index (χ0v) is 7.72. The Morgan fingerprint density at radius 1 is 1.58 bits per heavy atom. The van der Waals surface area contributed by atoms with Gasteiger partial charge in [0.05, 0.1) is 0 Å². The Hall–Kier alpha value is -0.720. The van der Waals surface area contributed by atoms with Crippen LogP contribution in [0.5, 0.6) is 0 Å². The van der Waals surface area contributed by atoms with E-state index in [2.05, 4.69) is 14.7 Å². The minimum Gasteiger partial charge on any atom is -0.226 e. The molecule has 0 saturated heterocycles. The summed E-state index contributed by atoms with van der Waals surface area (Å²) in [4.78, 5) is 7.06. The predicted octanol–water partition coefficient (Wildman–Crippen LogP) is 0.0381. The van der Waals surface area contributed by atoms with Gasteiger partial charge in [0.15, 0.2) is 0 Å². The molecule has 0 aliphatic heterocycles. The maximum Gasteiger partial charge on any atom is 0.276 e. The van der Waals surface area contributed by atoms with E-state index in [9.17, 15) is 8.42 Å². The highest BCUT2D eigenvalue weighted by molar-refractivity contribution is 7.89. The van der Waals surface area contributed by atoms with Crippen molar-refractivity contribution in [2.75, 3.05) is 7.05 Å². The fraction of sp³-hybridized carbons (Fsp3) is 0.200. The van der Waals surface area contributed by atoms with Crippen molar-refractivity contribution in [3.05, 3.63) is 17.4 Å². The summed E-state index contributed by atoms with van der Waals surface area (Å²) >= 11 is 5.46.